The van der Waals surface area contributed by atoms with E-state index in [2.05, 4.69) is 54.6 Å². The normalized spacial score (nSPS) is 12.6. The fourth-order valence-corrected chi connectivity index (χ4v) is 2.12. The third-order valence-corrected chi connectivity index (χ3v) is 3.30. The number of aryl methyl sites for hydroxylation is 2. The fraction of sp³-hybridized carbons (Fsp3) is 0.400. The topological polar surface area (TPSA) is 29.9 Å². The van der Waals surface area contributed by atoms with Crippen LogP contribution in [0.2, 0.25) is 0 Å². The molecule has 0 amide bonds. The number of aromatic nitrogens is 2. The summed E-state index contributed by atoms with van der Waals surface area (Å²) in [5, 5.41) is 7.72. The molecule has 0 spiro atoms. The van der Waals surface area contributed by atoms with E-state index in [-0.39, 0.29) is 0 Å². The fourth-order valence-electron chi connectivity index (χ4n) is 2.12. The molecule has 1 atom stereocenters. The summed E-state index contributed by atoms with van der Waals surface area (Å²) < 4.78 is 1.93. The molecule has 0 saturated carbocycles. The van der Waals surface area contributed by atoms with Gasteiger partial charge in [0.2, 0.25) is 0 Å². The highest BCUT2D eigenvalue weighted by Crippen LogP contribution is 2.13. The van der Waals surface area contributed by atoms with E-state index in [1.165, 1.54) is 16.8 Å². The Morgan fingerprint density at radius 2 is 2.17 bits per heavy atom. The summed E-state index contributed by atoms with van der Waals surface area (Å²) in [5.41, 5.74) is 3.92. The summed E-state index contributed by atoms with van der Waals surface area (Å²) in [6.45, 7) is 5.30. The largest absolute Gasteiger partial charge is 0.310 e. The zero-order chi connectivity index (χ0) is 13.0. The van der Waals surface area contributed by atoms with Gasteiger partial charge in [-0.25, -0.2) is 0 Å². The van der Waals surface area contributed by atoms with E-state index in [9.17, 15) is 0 Å². The summed E-state index contributed by atoms with van der Waals surface area (Å²) >= 11 is 0. The molecule has 0 fully saturated rings. The van der Waals surface area contributed by atoms with E-state index in [1.54, 1.807) is 0 Å². The highest BCUT2D eigenvalue weighted by atomic mass is 15.3. The molecule has 2 rings (SSSR count). The predicted octanol–water partition coefficient (Wildman–Crippen LogP) is 2.62. The van der Waals surface area contributed by atoms with Crippen molar-refractivity contribution in [2.45, 2.75) is 26.3 Å². The second-order valence-corrected chi connectivity index (χ2v) is 4.79. The highest BCUT2D eigenvalue weighted by molar-refractivity contribution is 5.24. The van der Waals surface area contributed by atoms with Gasteiger partial charge >= 0.3 is 0 Å². The molecular weight excluding hydrogens is 222 g/mol. The number of rotatable bonds is 5. The molecule has 1 aromatic carbocycles. The number of benzene rings is 1. The monoisotopic (exact) mass is 243 g/mol. The summed E-state index contributed by atoms with van der Waals surface area (Å²) in [7, 11) is 1.99. The Morgan fingerprint density at radius 1 is 1.33 bits per heavy atom. The van der Waals surface area contributed by atoms with Crippen molar-refractivity contribution < 1.29 is 0 Å². The molecule has 0 bridgehead atoms. The van der Waals surface area contributed by atoms with Crippen LogP contribution in [0.15, 0.2) is 36.5 Å². The average molecular weight is 243 g/mol. The van der Waals surface area contributed by atoms with Crippen molar-refractivity contribution in [1.29, 1.82) is 0 Å². The summed E-state index contributed by atoms with van der Waals surface area (Å²) in [6, 6.07) is 11.1. The molecule has 3 heteroatoms. The van der Waals surface area contributed by atoms with E-state index in [4.69, 9.17) is 0 Å². The molecule has 0 saturated heterocycles. The van der Waals surface area contributed by atoms with E-state index in [0.29, 0.717) is 6.04 Å². The number of hydrogen-bond donors (Lipinski definition) is 1. The second-order valence-electron chi connectivity index (χ2n) is 4.79. The lowest BCUT2D eigenvalue weighted by Gasteiger charge is -2.14. The zero-order valence-electron chi connectivity index (χ0n) is 11.4. The Balaban J connectivity index is 1.85. The maximum absolute atomic E-state index is 4.17. The van der Waals surface area contributed by atoms with Crippen LogP contribution in [0.4, 0.5) is 0 Å². The van der Waals surface area contributed by atoms with Crippen molar-refractivity contribution in [3.63, 3.8) is 0 Å². The first-order chi connectivity index (χ1) is 8.66. The number of nitrogens with one attached hydrogen (secondary N) is 1. The molecule has 1 heterocycles. The van der Waals surface area contributed by atoms with E-state index >= 15 is 0 Å². The lowest BCUT2D eigenvalue weighted by molar-refractivity contribution is 0.564. The summed E-state index contributed by atoms with van der Waals surface area (Å²) in [4.78, 5) is 0. The maximum atomic E-state index is 4.17. The van der Waals surface area contributed by atoms with Gasteiger partial charge < -0.3 is 5.32 Å². The van der Waals surface area contributed by atoms with Crippen LogP contribution in [0.5, 0.6) is 0 Å². The Labute approximate surface area is 109 Å². The number of nitrogens with zero attached hydrogens (tertiary/aromatic N) is 2. The van der Waals surface area contributed by atoms with Gasteiger partial charge in [0.05, 0.1) is 0 Å². The standard InChI is InChI=1S/C15H21N3/c1-12-5-4-6-14(11-12)13(2)16-9-7-15-8-10-17-18(15)3/h4-6,8,10-11,13,16H,7,9H2,1-3H3. The number of hydrogen-bond acceptors (Lipinski definition) is 2. The first kappa shape index (κ1) is 12.8. The molecule has 0 aliphatic rings. The molecule has 1 N–H and O–H groups in total. The van der Waals surface area contributed by atoms with Gasteiger partial charge in [-0.15, -0.1) is 0 Å². The van der Waals surface area contributed by atoms with Gasteiger partial charge in [-0.1, -0.05) is 29.8 Å². The van der Waals surface area contributed by atoms with Crippen LogP contribution in [0, 0.1) is 6.92 Å². The van der Waals surface area contributed by atoms with E-state index in [1.807, 2.05) is 17.9 Å². The predicted molar refractivity (Wildman–Crippen MR) is 74.5 cm³/mol. The molecular formula is C15H21N3. The minimum absolute atomic E-state index is 0.387. The first-order valence-corrected chi connectivity index (χ1v) is 6.43. The Morgan fingerprint density at radius 3 is 2.83 bits per heavy atom. The van der Waals surface area contributed by atoms with E-state index in [0.717, 1.165) is 13.0 Å². The van der Waals surface area contributed by atoms with Gasteiger partial charge in [-0.3, -0.25) is 4.68 Å². The van der Waals surface area contributed by atoms with Crippen LogP contribution in [0.1, 0.15) is 29.8 Å². The Hall–Kier alpha value is -1.61. The molecule has 96 valence electrons. The smallest absolute Gasteiger partial charge is 0.0492 e. The second kappa shape index (κ2) is 5.83. The molecule has 3 nitrogen and oxygen atoms in total. The third kappa shape index (κ3) is 3.20. The van der Waals surface area contributed by atoms with Crippen LogP contribution < -0.4 is 5.32 Å². The molecule has 0 radical (unpaired) electrons. The highest BCUT2D eigenvalue weighted by Gasteiger charge is 2.05. The Kier molecular flexibility index (Phi) is 4.15. The van der Waals surface area contributed by atoms with Crippen molar-refractivity contribution in [2.24, 2.45) is 7.05 Å². The average Bonchev–Trinajstić information content (AvgIpc) is 2.75. The summed E-state index contributed by atoms with van der Waals surface area (Å²) in [5.74, 6) is 0. The Bertz CT molecular complexity index is 502. The van der Waals surface area contributed by atoms with Gasteiger partial charge in [0.25, 0.3) is 0 Å². The maximum Gasteiger partial charge on any atom is 0.0492 e. The van der Waals surface area contributed by atoms with Crippen molar-refractivity contribution >= 4 is 0 Å². The van der Waals surface area contributed by atoms with Crippen LogP contribution in [0.25, 0.3) is 0 Å². The lowest BCUT2D eigenvalue weighted by atomic mass is 10.1. The van der Waals surface area contributed by atoms with E-state index < -0.39 is 0 Å². The lowest BCUT2D eigenvalue weighted by Crippen LogP contribution is -2.22. The van der Waals surface area contributed by atoms with Gasteiger partial charge in [0.1, 0.15) is 0 Å². The minimum Gasteiger partial charge on any atom is -0.310 e. The molecule has 1 aromatic heterocycles. The van der Waals surface area contributed by atoms with Gasteiger partial charge in [0, 0.05) is 37.9 Å². The van der Waals surface area contributed by atoms with Gasteiger partial charge in [-0.2, -0.15) is 5.10 Å². The third-order valence-electron chi connectivity index (χ3n) is 3.30. The van der Waals surface area contributed by atoms with Crippen LogP contribution in [-0.2, 0) is 13.5 Å². The van der Waals surface area contributed by atoms with Crippen molar-refractivity contribution in [1.82, 2.24) is 15.1 Å². The zero-order valence-corrected chi connectivity index (χ0v) is 11.4. The van der Waals surface area contributed by atoms with Gasteiger partial charge in [0.15, 0.2) is 0 Å². The minimum atomic E-state index is 0.387. The molecule has 18 heavy (non-hydrogen) atoms. The SMILES string of the molecule is Cc1cccc(C(C)NCCc2ccnn2C)c1. The molecule has 2 aromatic rings. The van der Waals surface area contributed by atoms with Crippen molar-refractivity contribution in [3.05, 3.63) is 53.3 Å². The van der Waals surface area contributed by atoms with Gasteiger partial charge in [-0.05, 0) is 25.5 Å². The molecule has 0 aliphatic heterocycles. The van der Waals surface area contributed by atoms with Crippen LogP contribution in [0.3, 0.4) is 0 Å². The molecule has 0 aliphatic carbocycles. The molecule has 1 unspecified atom stereocenters. The van der Waals surface area contributed by atoms with Crippen molar-refractivity contribution in [3.8, 4) is 0 Å². The van der Waals surface area contributed by atoms with Crippen LogP contribution >= 0.6 is 0 Å². The summed E-state index contributed by atoms with van der Waals surface area (Å²) in [6.07, 6.45) is 2.85. The van der Waals surface area contributed by atoms with Crippen molar-refractivity contribution in [2.75, 3.05) is 6.54 Å². The first-order valence-electron chi connectivity index (χ1n) is 6.43. The van der Waals surface area contributed by atoms with Crippen LogP contribution in [-0.4, -0.2) is 16.3 Å². The quantitative estimate of drug-likeness (QED) is 0.875.